The number of hydrogen-bond acceptors (Lipinski definition) is 0. The molecule has 1 unspecified atom stereocenters. The molecule has 0 N–H and O–H groups in total. The predicted octanol–water partition coefficient (Wildman–Crippen LogP) is 3.39. The Labute approximate surface area is 65.0 Å². The summed E-state index contributed by atoms with van der Waals surface area (Å²) in [4.78, 5) is 0. The lowest BCUT2D eigenvalue weighted by Gasteiger charge is -2.10. The van der Waals surface area contributed by atoms with Gasteiger partial charge in [0.05, 0.1) is 0 Å². The molecule has 10 heavy (non-hydrogen) atoms. The van der Waals surface area contributed by atoms with Gasteiger partial charge in [-0.25, -0.2) is 0 Å². The van der Waals surface area contributed by atoms with E-state index in [-0.39, 0.29) is 0 Å². The van der Waals surface area contributed by atoms with Gasteiger partial charge in [-0.1, -0.05) is 45.4 Å². The van der Waals surface area contributed by atoms with Crippen LogP contribution in [0.4, 0.5) is 0 Å². The normalized spacial score (nSPS) is 22.5. The van der Waals surface area contributed by atoms with Crippen LogP contribution in [0.3, 0.4) is 0 Å². The lowest BCUT2D eigenvalue weighted by molar-refractivity contribution is 0.508. The Morgan fingerprint density at radius 2 is 2.20 bits per heavy atom. The third-order valence-corrected chi connectivity index (χ3v) is 2.35. The van der Waals surface area contributed by atoms with Crippen molar-refractivity contribution < 1.29 is 0 Å². The Balaban J connectivity index is 2.15. The summed E-state index contributed by atoms with van der Waals surface area (Å²) in [6, 6.07) is 0. The van der Waals surface area contributed by atoms with Crippen molar-refractivity contribution in [3.63, 3.8) is 0 Å². The molecule has 0 aromatic carbocycles. The first kappa shape index (κ1) is 8.10. The van der Waals surface area contributed by atoms with Crippen molar-refractivity contribution in [1.82, 2.24) is 0 Å². The van der Waals surface area contributed by atoms with Crippen LogP contribution in [-0.2, 0) is 0 Å². The molecule has 1 rings (SSSR count). The first-order chi connectivity index (χ1) is 4.93. The number of hydrogen-bond donors (Lipinski definition) is 0. The average molecular weight is 138 g/mol. The second-order valence-electron chi connectivity index (χ2n) is 3.28. The maximum Gasteiger partial charge on any atom is -0.0355 e. The molecule has 1 aliphatic rings. The van der Waals surface area contributed by atoms with E-state index >= 15 is 0 Å². The highest BCUT2D eigenvalue weighted by Crippen LogP contribution is 2.24. The van der Waals surface area contributed by atoms with Crippen LogP contribution < -0.4 is 0 Å². The van der Waals surface area contributed by atoms with Crippen molar-refractivity contribution in [2.75, 3.05) is 0 Å². The van der Waals surface area contributed by atoms with Gasteiger partial charge in [-0.2, -0.15) is 0 Å². The van der Waals surface area contributed by atoms with E-state index in [1.54, 1.807) is 0 Å². The standard InChI is InChI=1S/C10H18/c1-2-7-10-8-5-3-4-6-9-10/h8,10H,1-7,9H2. The van der Waals surface area contributed by atoms with Crippen molar-refractivity contribution >= 4 is 0 Å². The molecule has 0 amide bonds. The summed E-state index contributed by atoms with van der Waals surface area (Å²) in [5, 5.41) is 0. The minimum Gasteiger partial charge on any atom is -0.0533 e. The minimum atomic E-state index is 0.903. The average Bonchev–Trinajstić information content (AvgIpc) is 2.17. The van der Waals surface area contributed by atoms with Crippen LogP contribution in [0, 0.1) is 19.3 Å². The van der Waals surface area contributed by atoms with E-state index in [2.05, 4.69) is 13.3 Å². The highest BCUT2D eigenvalue weighted by atomic mass is 14.2. The molecular weight excluding hydrogens is 120 g/mol. The molecule has 0 bridgehead atoms. The van der Waals surface area contributed by atoms with Gasteiger partial charge in [0.25, 0.3) is 0 Å². The highest BCUT2D eigenvalue weighted by molar-refractivity contribution is 4.79. The summed E-state index contributed by atoms with van der Waals surface area (Å²) >= 11 is 0. The Kier molecular flexibility index (Phi) is 3.86. The first-order valence-electron chi connectivity index (χ1n) is 4.56. The van der Waals surface area contributed by atoms with E-state index in [0.717, 1.165) is 12.3 Å². The largest absolute Gasteiger partial charge is 0.0533 e. The second-order valence-corrected chi connectivity index (χ2v) is 3.28. The zero-order chi connectivity index (χ0) is 7.23. The summed E-state index contributed by atoms with van der Waals surface area (Å²) in [5.41, 5.74) is 0. The van der Waals surface area contributed by atoms with E-state index in [0.29, 0.717) is 0 Å². The van der Waals surface area contributed by atoms with Crippen LogP contribution in [0.25, 0.3) is 0 Å². The molecule has 0 heterocycles. The lowest BCUT2D eigenvalue weighted by atomic mass is 9.96. The van der Waals surface area contributed by atoms with Crippen LogP contribution in [0.1, 0.15) is 44.9 Å². The molecule has 1 aliphatic carbocycles. The van der Waals surface area contributed by atoms with Crippen LogP contribution in [0.5, 0.6) is 0 Å². The maximum absolute atomic E-state index is 3.89. The van der Waals surface area contributed by atoms with E-state index in [1.165, 1.54) is 38.5 Å². The molecule has 0 aliphatic heterocycles. The zero-order valence-corrected chi connectivity index (χ0v) is 6.81. The quantitative estimate of drug-likeness (QED) is 0.513. The molecule has 58 valence electrons. The van der Waals surface area contributed by atoms with Gasteiger partial charge >= 0.3 is 0 Å². The van der Waals surface area contributed by atoms with Crippen molar-refractivity contribution in [3.05, 3.63) is 13.3 Å². The van der Waals surface area contributed by atoms with Crippen molar-refractivity contribution in [3.8, 4) is 0 Å². The summed E-state index contributed by atoms with van der Waals surface area (Å²) in [7, 11) is 0. The fourth-order valence-corrected chi connectivity index (χ4v) is 1.72. The molecule has 1 saturated carbocycles. The van der Waals surface area contributed by atoms with Gasteiger partial charge in [-0.3, -0.25) is 0 Å². The molecule has 0 nitrogen and oxygen atoms in total. The van der Waals surface area contributed by atoms with E-state index < -0.39 is 0 Å². The van der Waals surface area contributed by atoms with Gasteiger partial charge in [0.1, 0.15) is 0 Å². The molecule has 0 aromatic heterocycles. The highest BCUT2D eigenvalue weighted by Gasteiger charge is 2.10. The van der Waals surface area contributed by atoms with Gasteiger partial charge in [-0.05, 0) is 18.8 Å². The summed E-state index contributed by atoms with van der Waals surface area (Å²) < 4.78 is 0. The van der Waals surface area contributed by atoms with Gasteiger partial charge in [-0.15, -0.1) is 0 Å². The Hall–Kier alpha value is 0. The minimum absolute atomic E-state index is 0.903. The van der Waals surface area contributed by atoms with Gasteiger partial charge in [0.2, 0.25) is 0 Å². The molecular formula is C10H18. The van der Waals surface area contributed by atoms with E-state index in [9.17, 15) is 0 Å². The monoisotopic (exact) mass is 138 g/mol. The first-order valence-corrected chi connectivity index (χ1v) is 4.56. The van der Waals surface area contributed by atoms with E-state index in [4.69, 9.17) is 0 Å². The van der Waals surface area contributed by atoms with Gasteiger partial charge in [0, 0.05) is 0 Å². The fourth-order valence-electron chi connectivity index (χ4n) is 1.72. The summed E-state index contributed by atoms with van der Waals surface area (Å²) in [6.07, 6.45) is 12.0. The summed E-state index contributed by atoms with van der Waals surface area (Å²) in [5.74, 6) is 0.903. The Morgan fingerprint density at radius 1 is 1.30 bits per heavy atom. The van der Waals surface area contributed by atoms with Crippen LogP contribution in [-0.4, -0.2) is 0 Å². The van der Waals surface area contributed by atoms with E-state index in [1.807, 2.05) is 0 Å². The molecule has 0 spiro atoms. The van der Waals surface area contributed by atoms with Crippen LogP contribution >= 0.6 is 0 Å². The molecule has 0 aromatic rings. The number of rotatable bonds is 2. The van der Waals surface area contributed by atoms with Crippen molar-refractivity contribution in [1.29, 1.82) is 0 Å². The van der Waals surface area contributed by atoms with Crippen molar-refractivity contribution in [2.24, 2.45) is 5.92 Å². The van der Waals surface area contributed by atoms with Gasteiger partial charge < -0.3 is 0 Å². The third kappa shape index (κ3) is 2.72. The maximum atomic E-state index is 3.89. The Morgan fingerprint density at radius 3 is 3.00 bits per heavy atom. The zero-order valence-electron chi connectivity index (χ0n) is 6.81. The fraction of sp³-hybridized carbons (Fsp3) is 0.800. The third-order valence-electron chi connectivity index (χ3n) is 2.35. The topological polar surface area (TPSA) is 0 Å². The van der Waals surface area contributed by atoms with Gasteiger partial charge in [0.15, 0.2) is 0 Å². The molecule has 1 atom stereocenters. The van der Waals surface area contributed by atoms with Crippen LogP contribution in [0.15, 0.2) is 0 Å². The lowest BCUT2D eigenvalue weighted by Crippen LogP contribution is -1.97. The second kappa shape index (κ2) is 4.76. The SMILES string of the molecule is [CH2]CCC1[CH]CCCCC1. The Bertz CT molecular complexity index is 68.1. The summed E-state index contributed by atoms with van der Waals surface area (Å²) in [6.45, 7) is 3.89. The molecule has 0 saturated heterocycles. The smallest absolute Gasteiger partial charge is 0.0355 e. The van der Waals surface area contributed by atoms with Crippen LogP contribution in [0.2, 0.25) is 0 Å². The molecule has 0 heteroatoms. The predicted molar refractivity (Wildman–Crippen MR) is 45.5 cm³/mol. The molecule has 2 radical (unpaired) electrons. The van der Waals surface area contributed by atoms with Crippen molar-refractivity contribution in [2.45, 2.75) is 44.9 Å². The molecule has 1 fully saturated rings.